The summed E-state index contributed by atoms with van der Waals surface area (Å²) >= 11 is 5.68. The molecule has 1 aromatic rings. The molecular formula is C12H11ClFNO3. The molecule has 0 radical (unpaired) electrons. The largest absolute Gasteiger partial charge is 0.478 e. The van der Waals surface area contributed by atoms with Crippen LogP contribution >= 0.6 is 11.6 Å². The maximum absolute atomic E-state index is 14.0. The van der Waals surface area contributed by atoms with Gasteiger partial charge >= 0.3 is 5.97 Å². The molecule has 1 unspecified atom stereocenters. The highest BCUT2D eigenvalue weighted by Gasteiger charge is 2.32. The maximum Gasteiger partial charge on any atom is 0.338 e. The molecule has 1 saturated heterocycles. The number of aromatic carboxylic acids is 1. The lowest BCUT2D eigenvalue weighted by Gasteiger charge is -2.17. The number of anilines is 1. The van der Waals surface area contributed by atoms with Crippen molar-refractivity contribution in [2.24, 2.45) is 5.92 Å². The number of hydrogen-bond acceptors (Lipinski definition) is 2. The molecule has 0 spiro atoms. The molecule has 4 nitrogen and oxygen atoms in total. The van der Waals surface area contributed by atoms with E-state index >= 15 is 0 Å². The average molecular weight is 272 g/mol. The molecule has 1 atom stereocenters. The van der Waals surface area contributed by atoms with Crippen LogP contribution in [-0.2, 0) is 4.79 Å². The van der Waals surface area contributed by atoms with E-state index < -0.39 is 17.3 Å². The molecule has 0 aromatic heterocycles. The van der Waals surface area contributed by atoms with Crippen LogP contribution in [0.2, 0.25) is 0 Å². The van der Waals surface area contributed by atoms with Gasteiger partial charge in [-0.2, -0.15) is 0 Å². The molecule has 6 heteroatoms. The molecule has 1 amide bonds. The monoisotopic (exact) mass is 271 g/mol. The quantitative estimate of drug-likeness (QED) is 0.857. The summed E-state index contributed by atoms with van der Waals surface area (Å²) in [5.41, 5.74) is -0.429. The first kappa shape index (κ1) is 12.8. The highest BCUT2D eigenvalue weighted by Crippen LogP contribution is 2.29. The molecule has 1 fully saturated rings. The van der Waals surface area contributed by atoms with Gasteiger partial charge in [0.1, 0.15) is 0 Å². The molecule has 1 N–H and O–H groups in total. The number of hydrogen-bond donors (Lipinski definition) is 1. The Balaban J connectivity index is 2.37. The minimum absolute atomic E-state index is 0.00696. The highest BCUT2D eigenvalue weighted by molar-refractivity contribution is 6.18. The van der Waals surface area contributed by atoms with E-state index in [-0.39, 0.29) is 23.9 Å². The van der Waals surface area contributed by atoms with Crippen molar-refractivity contribution < 1.29 is 19.1 Å². The van der Waals surface area contributed by atoms with Crippen molar-refractivity contribution in [1.29, 1.82) is 0 Å². The van der Waals surface area contributed by atoms with Gasteiger partial charge in [0, 0.05) is 18.8 Å². The van der Waals surface area contributed by atoms with Crippen LogP contribution in [0.1, 0.15) is 16.8 Å². The van der Waals surface area contributed by atoms with Gasteiger partial charge in [-0.25, -0.2) is 9.18 Å². The number of rotatable bonds is 3. The molecular weight excluding hydrogens is 261 g/mol. The van der Waals surface area contributed by atoms with Crippen LogP contribution in [-0.4, -0.2) is 29.4 Å². The zero-order chi connectivity index (χ0) is 13.3. The summed E-state index contributed by atoms with van der Waals surface area (Å²) < 4.78 is 14.0. The second kappa shape index (κ2) is 4.94. The van der Waals surface area contributed by atoms with E-state index in [4.69, 9.17) is 16.7 Å². The molecule has 1 heterocycles. The predicted octanol–water partition coefficient (Wildman–Crippen LogP) is 2.12. The Labute approximate surface area is 108 Å². The van der Waals surface area contributed by atoms with E-state index in [9.17, 15) is 14.0 Å². The fraction of sp³-hybridized carbons (Fsp3) is 0.333. The summed E-state index contributed by atoms with van der Waals surface area (Å²) in [6.45, 7) is 0.322. The third kappa shape index (κ3) is 2.18. The van der Waals surface area contributed by atoms with Gasteiger partial charge in [0.25, 0.3) is 0 Å². The van der Waals surface area contributed by atoms with Crippen molar-refractivity contribution in [2.45, 2.75) is 6.42 Å². The number of nitrogens with zero attached hydrogens (tertiary/aromatic N) is 1. The van der Waals surface area contributed by atoms with Gasteiger partial charge in [-0.05, 0) is 18.1 Å². The van der Waals surface area contributed by atoms with Gasteiger partial charge in [-0.1, -0.05) is 6.07 Å². The van der Waals surface area contributed by atoms with Crippen molar-refractivity contribution >= 4 is 29.2 Å². The fourth-order valence-corrected chi connectivity index (χ4v) is 2.22. The first-order valence-corrected chi connectivity index (χ1v) is 5.96. The molecule has 0 bridgehead atoms. The summed E-state index contributed by atoms with van der Waals surface area (Å²) in [7, 11) is 0. The van der Waals surface area contributed by atoms with Crippen LogP contribution in [0.3, 0.4) is 0 Å². The van der Waals surface area contributed by atoms with Crippen molar-refractivity contribution in [3.05, 3.63) is 29.6 Å². The highest BCUT2D eigenvalue weighted by atomic mass is 35.5. The van der Waals surface area contributed by atoms with Crippen LogP contribution in [0.4, 0.5) is 10.1 Å². The van der Waals surface area contributed by atoms with Gasteiger partial charge in [-0.15, -0.1) is 11.6 Å². The Bertz CT molecular complexity index is 506. The van der Waals surface area contributed by atoms with Gasteiger partial charge in [0.15, 0.2) is 5.82 Å². The number of alkyl halides is 1. The zero-order valence-corrected chi connectivity index (χ0v) is 10.2. The number of amides is 1. The summed E-state index contributed by atoms with van der Waals surface area (Å²) in [4.78, 5) is 23.8. The van der Waals surface area contributed by atoms with E-state index in [0.29, 0.717) is 12.4 Å². The van der Waals surface area contributed by atoms with Crippen molar-refractivity contribution in [3.8, 4) is 0 Å². The van der Waals surface area contributed by atoms with Gasteiger partial charge < -0.3 is 10.0 Å². The Morgan fingerprint density at radius 1 is 1.56 bits per heavy atom. The van der Waals surface area contributed by atoms with E-state index in [1.807, 2.05) is 0 Å². The maximum atomic E-state index is 14.0. The Hall–Kier alpha value is -1.62. The van der Waals surface area contributed by atoms with E-state index in [0.717, 1.165) is 0 Å². The smallest absolute Gasteiger partial charge is 0.338 e. The number of carboxylic acids is 1. The number of carbonyl (C=O) groups is 2. The van der Waals surface area contributed by atoms with E-state index in [1.165, 1.54) is 23.1 Å². The van der Waals surface area contributed by atoms with Crippen LogP contribution in [0.15, 0.2) is 18.2 Å². The molecule has 1 aliphatic rings. The van der Waals surface area contributed by atoms with Crippen LogP contribution in [0.25, 0.3) is 0 Å². The molecule has 0 saturated carbocycles. The van der Waals surface area contributed by atoms with E-state index in [2.05, 4.69) is 0 Å². The average Bonchev–Trinajstić information content (AvgIpc) is 2.70. The van der Waals surface area contributed by atoms with Crippen LogP contribution in [0, 0.1) is 11.7 Å². The first-order valence-electron chi connectivity index (χ1n) is 5.42. The molecule has 96 valence electrons. The third-order valence-corrected chi connectivity index (χ3v) is 3.36. The first-order chi connectivity index (χ1) is 8.54. The number of carbonyl (C=O) groups excluding carboxylic acids is 1. The lowest BCUT2D eigenvalue weighted by atomic mass is 10.1. The van der Waals surface area contributed by atoms with Crippen LogP contribution in [0.5, 0.6) is 0 Å². The molecule has 18 heavy (non-hydrogen) atoms. The summed E-state index contributed by atoms with van der Waals surface area (Å²) in [5.74, 6) is -2.17. The molecule has 0 aliphatic carbocycles. The number of benzene rings is 1. The minimum atomic E-state index is -1.35. The second-order valence-corrected chi connectivity index (χ2v) is 4.48. The fourth-order valence-electron chi connectivity index (χ4n) is 2.01. The molecule has 1 aromatic carbocycles. The van der Waals surface area contributed by atoms with Gasteiger partial charge in [0.2, 0.25) is 5.91 Å². The van der Waals surface area contributed by atoms with Crippen LogP contribution < -0.4 is 4.90 Å². The summed E-state index contributed by atoms with van der Waals surface area (Å²) in [6.07, 6.45) is 0.264. The SMILES string of the molecule is O=C(O)c1cccc(N2CC(CCl)CC2=O)c1F. The summed E-state index contributed by atoms with van der Waals surface area (Å²) in [5, 5.41) is 8.83. The second-order valence-electron chi connectivity index (χ2n) is 4.17. The lowest BCUT2D eigenvalue weighted by molar-refractivity contribution is -0.117. The Morgan fingerprint density at radius 2 is 2.28 bits per heavy atom. The normalized spacial score (nSPS) is 19.3. The standard InChI is InChI=1S/C12H11ClFNO3/c13-5-7-4-10(16)15(6-7)9-3-1-2-8(11(9)14)12(17)18/h1-3,7H,4-6H2,(H,17,18). The topological polar surface area (TPSA) is 57.6 Å². The number of carboxylic acid groups (broad SMARTS) is 1. The predicted molar refractivity (Wildman–Crippen MR) is 64.5 cm³/mol. The molecule has 1 aliphatic heterocycles. The van der Waals surface area contributed by atoms with E-state index in [1.54, 1.807) is 0 Å². The van der Waals surface area contributed by atoms with Crippen molar-refractivity contribution in [1.82, 2.24) is 0 Å². The third-order valence-electron chi connectivity index (χ3n) is 2.92. The minimum Gasteiger partial charge on any atom is -0.478 e. The van der Waals surface area contributed by atoms with Crippen molar-refractivity contribution in [2.75, 3.05) is 17.3 Å². The lowest BCUT2D eigenvalue weighted by Crippen LogP contribution is -2.26. The summed E-state index contributed by atoms with van der Waals surface area (Å²) in [6, 6.07) is 3.99. The Kier molecular flexibility index (Phi) is 3.52. The number of halogens is 2. The van der Waals surface area contributed by atoms with Gasteiger partial charge in [0.05, 0.1) is 11.3 Å². The van der Waals surface area contributed by atoms with Crippen molar-refractivity contribution in [3.63, 3.8) is 0 Å². The molecule has 2 rings (SSSR count). The zero-order valence-electron chi connectivity index (χ0n) is 9.40. The van der Waals surface area contributed by atoms with Gasteiger partial charge in [-0.3, -0.25) is 4.79 Å². The Morgan fingerprint density at radius 3 is 2.83 bits per heavy atom.